The summed E-state index contributed by atoms with van der Waals surface area (Å²) >= 11 is 12.2. The number of ether oxygens (including phenoxy) is 1. The molecule has 1 aromatic carbocycles. The molecule has 2 rings (SSSR count). The summed E-state index contributed by atoms with van der Waals surface area (Å²) < 4.78 is 6.45. The number of rotatable bonds is 3. The molecule has 0 aliphatic rings. The van der Waals surface area contributed by atoms with Crippen LogP contribution in [0.1, 0.15) is 5.56 Å². The number of hydrogen-bond acceptors (Lipinski definition) is 5. The van der Waals surface area contributed by atoms with Gasteiger partial charge in [0.05, 0.1) is 4.92 Å². The van der Waals surface area contributed by atoms with Gasteiger partial charge in [0.2, 0.25) is 11.6 Å². The van der Waals surface area contributed by atoms with Crippen molar-refractivity contribution in [1.82, 2.24) is 9.97 Å². The smallest absolute Gasteiger partial charge is 0.313 e. The normalized spacial score (nSPS) is 10.4. The van der Waals surface area contributed by atoms with Crippen LogP contribution in [0.2, 0.25) is 5.15 Å². The molecular weight excluding hydrogens is 417 g/mol. The first-order valence-electron chi connectivity index (χ1n) is 5.18. The molecule has 1 heterocycles. The van der Waals surface area contributed by atoms with Crippen LogP contribution < -0.4 is 4.74 Å². The van der Waals surface area contributed by atoms with Crippen molar-refractivity contribution in [1.29, 1.82) is 0 Å². The minimum atomic E-state index is -0.524. The lowest BCUT2D eigenvalue weighted by atomic mass is 10.2. The average Bonchev–Trinajstić information content (AvgIpc) is 2.37. The van der Waals surface area contributed by atoms with Gasteiger partial charge in [0.15, 0.2) is 5.15 Å². The third-order valence-electron chi connectivity index (χ3n) is 2.33. The van der Waals surface area contributed by atoms with Gasteiger partial charge in [-0.1, -0.05) is 27.5 Å². The maximum Gasteiger partial charge on any atom is 0.313 e. The van der Waals surface area contributed by atoms with E-state index in [4.69, 9.17) is 16.3 Å². The Morgan fingerprint density at radius 1 is 1.35 bits per heavy atom. The lowest BCUT2D eigenvalue weighted by Crippen LogP contribution is -1.98. The summed E-state index contributed by atoms with van der Waals surface area (Å²) in [5, 5.41) is 11.3. The van der Waals surface area contributed by atoms with Crippen LogP contribution in [0, 0.1) is 17.0 Å². The summed E-state index contributed by atoms with van der Waals surface area (Å²) in [6.45, 7) is 1.70. The number of nitro benzene ring substituents is 1. The second kappa shape index (κ2) is 6.02. The fourth-order valence-electron chi connectivity index (χ4n) is 1.48. The van der Waals surface area contributed by atoms with E-state index in [1.165, 1.54) is 12.4 Å². The van der Waals surface area contributed by atoms with Gasteiger partial charge in [0, 0.05) is 16.1 Å². The topological polar surface area (TPSA) is 78.2 Å². The molecule has 0 unspecified atom stereocenters. The molecule has 0 fully saturated rings. The van der Waals surface area contributed by atoms with Gasteiger partial charge in [0.25, 0.3) is 0 Å². The van der Waals surface area contributed by atoms with Crippen LogP contribution in [0.3, 0.4) is 0 Å². The van der Waals surface area contributed by atoms with Crippen molar-refractivity contribution in [2.24, 2.45) is 0 Å². The molecule has 0 spiro atoms. The number of hydrogen-bond donors (Lipinski definition) is 0. The lowest BCUT2D eigenvalue weighted by Gasteiger charge is -2.10. The standard InChI is InChI=1S/C11H6Br2ClN3O3/c1-5-2-6(12)3-7(17(18)19)9(5)20-11-8(13)10(14)15-4-16-11/h2-4H,1H3. The Morgan fingerprint density at radius 2 is 2.05 bits per heavy atom. The van der Waals surface area contributed by atoms with Crippen LogP contribution in [0.4, 0.5) is 5.69 Å². The maximum atomic E-state index is 11.1. The highest BCUT2D eigenvalue weighted by Crippen LogP contribution is 2.39. The molecule has 0 amide bonds. The molecule has 0 saturated carbocycles. The highest BCUT2D eigenvalue weighted by molar-refractivity contribution is 9.10. The minimum absolute atomic E-state index is 0.105. The predicted molar refractivity (Wildman–Crippen MR) is 80.3 cm³/mol. The fraction of sp³-hybridized carbons (Fsp3) is 0.0909. The second-order valence-corrected chi connectivity index (χ2v) is 5.78. The van der Waals surface area contributed by atoms with E-state index in [-0.39, 0.29) is 22.5 Å². The van der Waals surface area contributed by atoms with Crippen molar-refractivity contribution in [2.45, 2.75) is 6.92 Å². The maximum absolute atomic E-state index is 11.1. The predicted octanol–water partition coefficient (Wildman–Crippen LogP) is 4.66. The van der Waals surface area contributed by atoms with Crippen LogP contribution in [0.15, 0.2) is 27.4 Å². The minimum Gasteiger partial charge on any atom is -0.430 e. The van der Waals surface area contributed by atoms with E-state index < -0.39 is 4.92 Å². The summed E-state index contributed by atoms with van der Waals surface area (Å²) in [6.07, 6.45) is 1.21. The Hall–Kier alpha value is -1.25. The Morgan fingerprint density at radius 3 is 2.70 bits per heavy atom. The zero-order valence-electron chi connectivity index (χ0n) is 9.93. The van der Waals surface area contributed by atoms with Gasteiger partial charge < -0.3 is 4.74 Å². The summed E-state index contributed by atoms with van der Waals surface area (Å²) in [5.74, 6) is 0.215. The van der Waals surface area contributed by atoms with Crippen molar-refractivity contribution in [3.8, 4) is 11.6 Å². The molecule has 20 heavy (non-hydrogen) atoms. The molecule has 0 N–H and O–H groups in total. The van der Waals surface area contributed by atoms with Crippen LogP contribution >= 0.6 is 43.5 Å². The van der Waals surface area contributed by atoms with Crippen molar-refractivity contribution in [2.75, 3.05) is 0 Å². The summed E-state index contributed by atoms with van der Waals surface area (Å²) in [5.41, 5.74) is 0.422. The largest absolute Gasteiger partial charge is 0.430 e. The first-order valence-corrected chi connectivity index (χ1v) is 7.15. The van der Waals surface area contributed by atoms with Crippen molar-refractivity contribution >= 4 is 49.1 Å². The van der Waals surface area contributed by atoms with Crippen LogP contribution in [0.5, 0.6) is 11.6 Å². The van der Waals surface area contributed by atoms with Crippen molar-refractivity contribution in [3.63, 3.8) is 0 Å². The molecule has 6 nitrogen and oxygen atoms in total. The van der Waals surface area contributed by atoms with Crippen molar-refractivity contribution in [3.05, 3.63) is 48.2 Å². The molecule has 0 atom stereocenters. The molecule has 0 aliphatic heterocycles. The molecule has 9 heteroatoms. The molecular formula is C11H6Br2ClN3O3. The van der Waals surface area contributed by atoms with Gasteiger partial charge in [-0.2, -0.15) is 0 Å². The monoisotopic (exact) mass is 421 g/mol. The SMILES string of the molecule is Cc1cc(Br)cc([N+](=O)[O-])c1Oc1ncnc(Cl)c1Br. The number of nitro groups is 1. The summed E-state index contributed by atoms with van der Waals surface area (Å²) in [4.78, 5) is 18.2. The van der Waals surface area contributed by atoms with Gasteiger partial charge >= 0.3 is 5.69 Å². The zero-order chi connectivity index (χ0) is 14.9. The number of aromatic nitrogens is 2. The lowest BCUT2D eigenvalue weighted by molar-refractivity contribution is -0.385. The Kier molecular flexibility index (Phi) is 4.56. The Balaban J connectivity index is 2.53. The Labute approximate surface area is 135 Å². The van der Waals surface area contributed by atoms with Crippen LogP contribution in [-0.2, 0) is 0 Å². The van der Waals surface area contributed by atoms with E-state index >= 15 is 0 Å². The third-order valence-corrected chi connectivity index (χ3v) is 4.02. The van der Waals surface area contributed by atoms with Crippen LogP contribution in [-0.4, -0.2) is 14.9 Å². The van der Waals surface area contributed by atoms with E-state index in [1.54, 1.807) is 13.0 Å². The first kappa shape index (κ1) is 15.1. The number of aryl methyl sites for hydroxylation is 1. The number of nitrogens with zero attached hydrogens (tertiary/aromatic N) is 3. The summed E-state index contributed by atoms with van der Waals surface area (Å²) in [6, 6.07) is 3.07. The van der Waals surface area contributed by atoms with Gasteiger partial charge in [-0.3, -0.25) is 10.1 Å². The quantitative estimate of drug-likeness (QED) is 0.407. The number of halogens is 3. The number of benzene rings is 1. The zero-order valence-corrected chi connectivity index (χ0v) is 13.9. The Bertz CT molecular complexity index is 697. The van der Waals surface area contributed by atoms with E-state index in [2.05, 4.69) is 41.8 Å². The van der Waals surface area contributed by atoms with E-state index in [0.717, 1.165) is 0 Å². The van der Waals surface area contributed by atoms with E-state index in [9.17, 15) is 10.1 Å². The van der Waals surface area contributed by atoms with E-state index in [0.29, 0.717) is 14.5 Å². The molecule has 104 valence electrons. The second-order valence-electron chi connectivity index (χ2n) is 3.71. The first-order chi connectivity index (χ1) is 9.40. The van der Waals surface area contributed by atoms with Gasteiger partial charge in [-0.05, 0) is 28.9 Å². The highest BCUT2D eigenvalue weighted by atomic mass is 79.9. The molecule has 1 aromatic heterocycles. The molecule has 0 aliphatic carbocycles. The third kappa shape index (κ3) is 3.08. The molecule has 0 saturated heterocycles. The van der Waals surface area contributed by atoms with Crippen molar-refractivity contribution < 1.29 is 9.66 Å². The molecule has 0 bridgehead atoms. The summed E-state index contributed by atoms with van der Waals surface area (Å²) in [7, 11) is 0. The van der Waals surface area contributed by atoms with Gasteiger partial charge in [-0.25, -0.2) is 9.97 Å². The molecule has 2 aromatic rings. The molecule has 0 radical (unpaired) electrons. The van der Waals surface area contributed by atoms with E-state index in [1.807, 2.05) is 0 Å². The van der Waals surface area contributed by atoms with Gasteiger partial charge in [0.1, 0.15) is 10.8 Å². The van der Waals surface area contributed by atoms with Crippen LogP contribution in [0.25, 0.3) is 0 Å². The highest BCUT2D eigenvalue weighted by Gasteiger charge is 2.21. The average molecular weight is 423 g/mol. The fourth-order valence-corrected chi connectivity index (χ4v) is 2.45. The van der Waals surface area contributed by atoms with Gasteiger partial charge in [-0.15, -0.1) is 0 Å².